The maximum Gasteiger partial charge on any atom is 0.196 e. The third-order valence-electron chi connectivity index (χ3n) is 2.15. The molecule has 0 saturated carbocycles. The van der Waals surface area contributed by atoms with E-state index in [9.17, 15) is 5.21 Å². The van der Waals surface area contributed by atoms with Crippen molar-refractivity contribution in [1.82, 2.24) is 0 Å². The fourth-order valence-electron chi connectivity index (χ4n) is 1.26. The molecule has 0 aliphatic heterocycles. The summed E-state index contributed by atoms with van der Waals surface area (Å²) in [4.78, 5) is 0. The highest BCUT2D eigenvalue weighted by Crippen LogP contribution is 2.23. The van der Waals surface area contributed by atoms with Crippen molar-refractivity contribution in [3.8, 4) is 5.75 Å². The van der Waals surface area contributed by atoms with Crippen molar-refractivity contribution in [1.29, 1.82) is 0 Å². The molecule has 0 fully saturated rings. The normalized spacial score (nSPS) is 10.2. The number of aromatic nitrogens is 1. The SMILES string of the molecule is COc1c(CO)c[n+]([O-])c(C)c1C. The predicted molar refractivity (Wildman–Crippen MR) is 47.4 cm³/mol. The number of rotatable bonds is 2. The molecule has 0 unspecified atom stereocenters. The molecule has 13 heavy (non-hydrogen) atoms. The second kappa shape index (κ2) is 3.62. The van der Waals surface area contributed by atoms with E-state index in [0.717, 1.165) is 10.3 Å². The Balaban J connectivity index is 3.39. The number of pyridine rings is 1. The number of hydrogen-bond acceptors (Lipinski definition) is 3. The van der Waals surface area contributed by atoms with Gasteiger partial charge in [0, 0.05) is 6.92 Å². The Morgan fingerprint density at radius 1 is 1.54 bits per heavy atom. The van der Waals surface area contributed by atoms with Gasteiger partial charge in [0.15, 0.2) is 11.9 Å². The van der Waals surface area contributed by atoms with Crippen LogP contribution in [0.15, 0.2) is 6.20 Å². The van der Waals surface area contributed by atoms with Gasteiger partial charge in [-0.25, -0.2) is 0 Å². The summed E-state index contributed by atoms with van der Waals surface area (Å²) in [5.41, 5.74) is 1.87. The lowest BCUT2D eigenvalue weighted by atomic mass is 10.1. The van der Waals surface area contributed by atoms with Crippen molar-refractivity contribution in [2.75, 3.05) is 7.11 Å². The molecular formula is C9H13NO3. The first-order valence-electron chi connectivity index (χ1n) is 3.99. The van der Waals surface area contributed by atoms with Gasteiger partial charge < -0.3 is 15.1 Å². The van der Waals surface area contributed by atoms with E-state index >= 15 is 0 Å². The lowest BCUT2D eigenvalue weighted by Crippen LogP contribution is -2.31. The van der Waals surface area contributed by atoms with Gasteiger partial charge in [0.05, 0.1) is 24.8 Å². The third-order valence-corrected chi connectivity index (χ3v) is 2.15. The molecule has 0 aliphatic carbocycles. The Bertz CT molecular complexity index is 323. The van der Waals surface area contributed by atoms with Gasteiger partial charge in [-0.2, -0.15) is 4.73 Å². The zero-order chi connectivity index (χ0) is 10.0. The van der Waals surface area contributed by atoms with Gasteiger partial charge in [-0.3, -0.25) is 0 Å². The minimum Gasteiger partial charge on any atom is -0.618 e. The van der Waals surface area contributed by atoms with E-state index in [1.165, 1.54) is 13.3 Å². The van der Waals surface area contributed by atoms with Crippen LogP contribution < -0.4 is 9.47 Å². The lowest BCUT2D eigenvalue weighted by molar-refractivity contribution is -0.613. The Morgan fingerprint density at radius 3 is 2.62 bits per heavy atom. The number of hydrogen-bond donors (Lipinski definition) is 1. The lowest BCUT2D eigenvalue weighted by Gasteiger charge is -2.11. The van der Waals surface area contributed by atoms with Crippen molar-refractivity contribution < 1.29 is 14.6 Å². The monoisotopic (exact) mass is 183 g/mol. The molecule has 0 aromatic carbocycles. The molecule has 0 saturated heterocycles. The molecule has 4 heteroatoms. The summed E-state index contributed by atoms with van der Waals surface area (Å²) in [7, 11) is 1.52. The molecule has 1 N–H and O–H groups in total. The Kier molecular flexibility index (Phi) is 2.72. The van der Waals surface area contributed by atoms with Crippen LogP contribution in [0.5, 0.6) is 5.75 Å². The van der Waals surface area contributed by atoms with Gasteiger partial charge in [0.1, 0.15) is 5.75 Å². The predicted octanol–water partition coefficient (Wildman–Crippen LogP) is 0.438. The maximum absolute atomic E-state index is 11.2. The molecule has 0 amide bonds. The third kappa shape index (κ3) is 1.58. The van der Waals surface area contributed by atoms with E-state index in [1.807, 2.05) is 0 Å². The first-order valence-corrected chi connectivity index (χ1v) is 3.99. The number of nitrogens with zero attached hydrogens (tertiary/aromatic N) is 1. The summed E-state index contributed by atoms with van der Waals surface area (Å²) in [6, 6.07) is 0. The van der Waals surface area contributed by atoms with Crippen LogP contribution in [0, 0.1) is 19.1 Å². The van der Waals surface area contributed by atoms with Crippen LogP contribution in [0.2, 0.25) is 0 Å². The molecule has 72 valence electrons. The number of aliphatic hydroxyl groups excluding tert-OH is 1. The van der Waals surface area contributed by atoms with E-state index in [0.29, 0.717) is 17.0 Å². The van der Waals surface area contributed by atoms with Crippen LogP contribution in [-0.4, -0.2) is 12.2 Å². The van der Waals surface area contributed by atoms with Gasteiger partial charge in [0.25, 0.3) is 0 Å². The van der Waals surface area contributed by atoms with Gasteiger partial charge in [-0.1, -0.05) is 0 Å². The Hall–Kier alpha value is -1.29. The molecule has 4 nitrogen and oxygen atoms in total. The summed E-state index contributed by atoms with van der Waals surface area (Å²) in [6.45, 7) is 3.32. The van der Waals surface area contributed by atoms with Gasteiger partial charge in [-0.05, 0) is 6.92 Å². The van der Waals surface area contributed by atoms with Gasteiger partial charge in [0.2, 0.25) is 0 Å². The van der Waals surface area contributed by atoms with Crippen LogP contribution in [0.3, 0.4) is 0 Å². The summed E-state index contributed by atoms with van der Waals surface area (Å²) in [6.07, 6.45) is 1.33. The molecule has 0 spiro atoms. The molecule has 0 radical (unpaired) electrons. The summed E-state index contributed by atoms with van der Waals surface area (Å²) in [5, 5.41) is 20.2. The van der Waals surface area contributed by atoms with Gasteiger partial charge >= 0.3 is 0 Å². The highest BCUT2D eigenvalue weighted by atomic mass is 16.5. The van der Waals surface area contributed by atoms with E-state index < -0.39 is 0 Å². The van der Waals surface area contributed by atoms with Crippen molar-refractivity contribution in [2.24, 2.45) is 0 Å². The van der Waals surface area contributed by atoms with Crippen molar-refractivity contribution in [3.05, 3.63) is 28.2 Å². The van der Waals surface area contributed by atoms with Crippen molar-refractivity contribution in [2.45, 2.75) is 20.5 Å². The molecule has 1 aromatic heterocycles. The molecule has 0 atom stereocenters. The van der Waals surface area contributed by atoms with Crippen LogP contribution in [0.1, 0.15) is 16.8 Å². The van der Waals surface area contributed by atoms with Crippen LogP contribution >= 0.6 is 0 Å². The first kappa shape index (κ1) is 9.80. The molecule has 0 bridgehead atoms. The highest BCUT2D eigenvalue weighted by molar-refractivity contribution is 5.38. The average Bonchev–Trinajstić information content (AvgIpc) is 2.13. The van der Waals surface area contributed by atoms with E-state index in [2.05, 4.69) is 0 Å². The number of ether oxygens (including phenoxy) is 1. The molecular weight excluding hydrogens is 170 g/mol. The second-order valence-electron chi connectivity index (χ2n) is 2.88. The van der Waals surface area contributed by atoms with E-state index in [-0.39, 0.29) is 6.61 Å². The van der Waals surface area contributed by atoms with E-state index in [1.54, 1.807) is 13.8 Å². The average molecular weight is 183 g/mol. The summed E-state index contributed by atoms with van der Waals surface area (Å²) < 4.78 is 5.83. The van der Waals surface area contributed by atoms with Crippen molar-refractivity contribution in [3.63, 3.8) is 0 Å². The zero-order valence-corrected chi connectivity index (χ0v) is 8.00. The number of aliphatic hydroxyl groups is 1. The second-order valence-corrected chi connectivity index (χ2v) is 2.88. The fraction of sp³-hybridized carbons (Fsp3) is 0.444. The minimum atomic E-state index is -0.188. The smallest absolute Gasteiger partial charge is 0.196 e. The Morgan fingerprint density at radius 2 is 2.15 bits per heavy atom. The summed E-state index contributed by atoms with van der Waals surface area (Å²) >= 11 is 0. The van der Waals surface area contributed by atoms with Crippen molar-refractivity contribution >= 4 is 0 Å². The maximum atomic E-state index is 11.2. The molecule has 0 aliphatic rings. The van der Waals surface area contributed by atoms with Crippen LogP contribution in [0.4, 0.5) is 0 Å². The van der Waals surface area contributed by atoms with Gasteiger partial charge in [-0.15, -0.1) is 0 Å². The first-order chi connectivity index (χ1) is 6.11. The minimum absolute atomic E-state index is 0.188. The molecule has 1 heterocycles. The number of methoxy groups -OCH3 is 1. The standard InChI is InChI=1S/C9H13NO3/c1-6-7(2)10(12)4-8(5-11)9(6)13-3/h4,11H,5H2,1-3H3. The quantitative estimate of drug-likeness (QED) is 0.534. The Labute approximate surface area is 77.0 Å². The zero-order valence-electron chi connectivity index (χ0n) is 8.00. The summed E-state index contributed by atoms with van der Waals surface area (Å²) in [5.74, 6) is 0.590. The molecule has 1 rings (SSSR count). The largest absolute Gasteiger partial charge is 0.618 e. The van der Waals surface area contributed by atoms with E-state index in [4.69, 9.17) is 9.84 Å². The topological polar surface area (TPSA) is 56.4 Å². The molecule has 1 aromatic rings. The fourth-order valence-corrected chi connectivity index (χ4v) is 1.26. The van der Waals surface area contributed by atoms with Crippen LogP contribution in [-0.2, 0) is 6.61 Å². The highest BCUT2D eigenvalue weighted by Gasteiger charge is 2.15. The van der Waals surface area contributed by atoms with Crippen LogP contribution in [0.25, 0.3) is 0 Å².